The molecule has 1 amide bonds. The highest BCUT2D eigenvalue weighted by molar-refractivity contribution is 7.10. The summed E-state index contributed by atoms with van der Waals surface area (Å²) in [6, 6.07) is 2.81. The number of hydrogen-bond acceptors (Lipinski definition) is 4. The van der Waals surface area contributed by atoms with Crippen molar-refractivity contribution in [1.29, 1.82) is 0 Å². The quantitative estimate of drug-likeness (QED) is 0.855. The van der Waals surface area contributed by atoms with Gasteiger partial charge in [0.15, 0.2) is 6.61 Å². The highest BCUT2D eigenvalue weighted by Gasteiger charge is 2.21. The normalized spacial score (nSPS) is 13.2. The Morgan fingerprint density at radius 2 is 2.00 bits per heavy atom. The molecule has 1 aliphatic rings. The van der Waals surface area contributed by atoms with E-state index < -0.39 is 30.1 Å². The predicted molar refractivity (Wildman–Crippen MR) is 86.2 cm³/mol. The number of anilines is 1. The van der Waals surface area contributed by atoms with E-state index in [-0.39, 0.29) is 5.69 Å². The van der Waals surface area contributed by atoms with Gasteiger partial charge in [-0.1, -0.05) is 0 Å². The Kier molecular flexibility index (Phi) is 4.89. The molecule has 0 atom stereocenters. The van der Waals surface area contributed by atoms with Gasteiger partial charge in [0.05, 0.1) is 11.3 Å². The Balaban J connectivity index is 1.58. The molecule has 7 heteroatoms. The zero-order valence-electron chi connectivity index (χ0n) is 12.7. The molecule has 0 spiro atoms. The SMILES string of the molecule is O=C(COC(=O)c1csc2c1CCCC2)Nc1ccc(F)cc1F. The molecule has 0 saturated heterocycles. The van der Waals surface area contributed by atoms with E-state index in [1.54, 1.807) is 5.38 Å². The second-order valence-electron chi connectivity index (χ2n) is 5.51. The third-order valence-corrected chi connectivity index (χ3v) is 4.91. The van der Waals surface area contributed by atoms with Crippen molar-refractivity contribution in [3.63, 3.8) is 0 Å². The predicted octanol–water partition coefficient (Wildman–Crippen LogP) is 3.70. The highest BCUT2D eigenvalue weighted by Crippen LogP contribution is 2.30. The van der Waals surface area contributed by atoms with Crippen LogP contribution in [0.15, 0.2) is 23.6 Å². The van der Waals surface area contributed by atoms with E-state index in [1.807, 2.05) is 0 Å². The molecule has 0 radical (unpaired) electrons. The van der Waals surface area contributed by atoms with Crippen molar-refractivity contribution in [3.8, 4) is 0 Å². The minimum Gasteiger partial charge on any atom is -0.452 e. The largest absolute Gasteiger partial charge is 0.452 e. The number of ether oxygens (including phenoxy) is 1. The number of rotatable bonds is 4. The number of benzene rings is 1. The molecule has 0 fully saturated rings. The zero-order chi connectivity index (χ0) is 17.1. The van der Waals surface area contributed by atoms with Crippen LogP contribution >= 0.6 is 11.3 Å². The number of nitrogens with one attached hydrogen (secondary N) is 1. The second-order valence-corrected chi connectivity index (χ2v) is 6.47. The Hall–Kier alpha value is -2.28. The van der Waals surface area contributed by atoms with Gasteiger partial charge in [-0.15, -0.1) is 11.3 Å². The molecule has 1 aliphatic carbocycles. The van der Waals surface area contributed by atoms with E-state index in [4.69, 9.17) is 4.74 Å². The molecule has 1 aromatic carbocycles. The van der Waals surface area contributed by atoms with E-state index in [0.29, 0.717) is 11.6 Å². The van der Waals surface area contributed by atoms with Crippen LogP contribution in [0.25, 0.3) is 0 Å². The second kappa shape index (κ2) is 7.09. The Bertz CT molecular complexity index is 788. The first-order chi connectivity index (χ1) is 11.5. The van der Waals surface area contributed by atoms with E-state index in [1.165, 1.54) is 16.2 Å². The van der Waals surface area contributed by atoms with Gasteiger partial charge in [-0.25, -0.2) is 13.6 Å². The van der Waals surface area contributed by atoms with Gasteiger partial charge in [0.25, 0.3) is 5.91 Å². The molecule has 0 saturated carbocycles. The summed E-state index contributed by atoms with van der Waals surface area (Å²) >= 11 is 1.53. The van der Waals surface area contributed by atoms with Gasteiger partial charge in [0.1, 0.15) is 11.6 Å². The fourth-order valence-electron chi connectivity index (χ4n) is 2.65. The van der Waals surface area contributed by atoms with E-state index >= 15 is 0 Å². The number of carbonyl (C=O) groups excluding carboxylic acids is 2. The van der Waals surface area contributed by atoms with Crippen molar-refractivity contribution in [2.75, 3.05) is 11.9 Å². The van der Waals surface area contributed by atoms with Gasteiger partial charge >= 0.3 is 5.97 Å². The molecular formula is C17H15F2NO3S. The van der Waals surface area contributed by atoms with E-state index in [9.17, 15) is 18.4 Å². The molecule has 0 bridgehead atoms. The van der Waals surface area contributed by atoms with Crippen LogP contribution in [0.1, 0.15) is 33.6 Å². The first-order valence-corrected chi connectivity index (χ1v) is 8.44. The molecule has 3 rings (SSSR count). The third kappa shape index (κ3) is 3.62. The topological polar surface area (TPSA) is 55.4 Å². The summed E-state index contributed by atoms with van der Waals surface area (Å²) in [5.74, 6) is -2.86. The van der Waals surface area contributed by atoms with Crippen LogP contribution in [0.3, 0.4) is 0 Å². The lowest BCUT2D eigenvalue weighted by molar-refractivity contribution is -0.119. The van der Waals surface area contributed by atoms with Crippen molar-refractivity contribution in [2.45, 2.75) is 25.7 Å². The molecule has 24 heavy (non-hydrogen) atoms. The number of thiophene rings is 1. The van der Waals surface area contributed by atoms with E-state index in [0.717, 1.165) is 43.4 Å². The first-order valence-electron chi connectivity index (χ1n) is 7.56. The molecule has 1 heterocycles. The zero-order valence-corrected chi connectivity index (χ0v) is 13.6. The van der Waals surface area contributed by atoms with Crippen LogP contribution < -0.4 is 5.32 Å². The fourth-order valence-corrected chi connectivity index (χ4v) is 3.77. The highest BCUT2D eigenvalue weighted by atomic mass is 32.1. The lowest BCUT2D eigenvalue weighted by atomic mass is 9.96. The number of halogens is 2. The molecular weight excluding hydrogens is 336 g/mol. The number of fused-ring (bicyclic) bond motifs is 1. The maximum atomic E-state index is 13.5. The maximum Gasteiger partial charge on any atom is 0.339 e. The van der Waals surface area contributed by atoms with Crippen LogP contribution in [0.2, 0.25) is 0 Å². The summed E-state index contributed by atoms with van der Waals surface area (Å²) in [7, 11) is 0. The average molecular weight is 351 g/mol. The molecule has 1 aromatic heterocycles. The van der Waals surface area contributed by atoms with Crippen molar-refractivity contribution in [3.05, 3.63) is 51.2 Å². The molecule has 0 unspecified atom stereocenters. The number of hydrogen-bond donors (Lipinski definition) is 1. The smallest absolute Gasteiger partial charge is 0.339 e. The summed E-state index contributed by atoms with van der Waals surface area (Å²) < 4.78 is 31.3. The minimum absolute atomic E-state index is 0.162. The van der Waals surface area contributed by atoms with Crippen LogP contribution in [-0.2, 0) is 22.4 Å². The van der Waals surface area contributed by atoms with Gasteiger partial charge in [0, 0.05) is 16.3 Å². The van der Waals surface area contributed by atoms with Gasteiger partial charge in [-0.2, -0.15) is 0 Å². The molecule has 126 valence electrons. The standard InChI is InChI=1S/C17H15F2NO3S/c18-10-5-6-14(13(19)7-10)20-16(21)8-23-17(22)12-9-24-15-4-2-1-3-11(12)15/h5-7,9H,1-4,8H2,(H,20,21). The molecule has 0 aliphatic heterocycles. The lowest BCUT2D eigenvalue weighted by Gasteiger charge is -2.12. The molecule has 4 nitrogen and oxygen atoms in total. The van der Waals surface area contributed by atoms with Gasteiger partial charge < -0.3 is 10.1 Å². The van der Waals surface area contributed by atoms with Crippen LogP contribution in [0.5, 0.6) is 0 Å². The van der Waals surface area contributed by atoms with Crippen LogP contribution in [0.4, 0.5) is 14.5 Å². The van der Waals surface area contributed by atoms with Crippen LogP contribution in [-0.4, -0.2) is 18.5 Å². The third-order valence-electron chi connectivity index (χ3n) is 3.82. The lowest BCUT2D eigenvalue weighted by Crippen LogP contribution is -2.22. The maximum absolute atomic E-state index is 13.5. The summed E-state index contributed by atoms with van der Waals surface area (Å²) in [6.07, 6.45) is 3.97. The monoisotopic (exact) mass is 351 g/mol. The van der Waals surface area contributed by atoms with Gasteiger partial charge in [-0.05, 0) is 43.4 Å². The number of carbonyl (C=O) groups is 2. The molecule has 2 aromatic rings. The molecule has 1 N–H and O–H groups in total. The summed E-state index contributed by atoms with van der Waals surface area (Å²) in [6.45, 7) is -0.528. The van der Waals surface area contributed by atoms with Gasteiger partial charge in [0.2, 0.25) is 0 Å². The Morgan fingerprint density at radius 3 is 2.79 bits per heavy atom. The number of aryl methyl sites for hydroxylation is 1. The number of amides is 1. The fraction of sp³-hybridized carbons (Fsp3) is 0.294. The number of esters is 1. The first kappa shape index (κ1) is 16.6. The Morgan fingerprint density at radius 1 is 1.21 bits per heavy atom. The van der Waals surface area contributed by atoms with Crippen molar-refractivity contribution >= 4 is 28.9 Å². The van der Waals surface area contributed by atoms with E-state index in [2.05, 4.69) is 5.32 Å². The van der Waals surface area contributed by atoms with Crippen molar-refractivity contribution in [2.24, 2.45) is 0 Å². The minimum atomic E-state index is -0.887. The average Bonchev–Trinajstić information content (AvgIpc) is 2.99. The summed E-state index contributed by atoms with van der Waals surface area (Å²) in [4.78, 5) is 25.1. The summed E-state index contributed by atoms with van der Waals surface area (Å²) in [5, 5.41) is 4.00. The van der Waals surface area contributed by atoms with Gasteiger partial charge in [-0.3, -0.25) is 4.79 Å². The van der Waals surface area contributed by atoms with Crippen LogP contribution in [0, 0.1) is 11.6 Å². The summed E-state index contributed by atoms with van der Waals surface area (Å²) in [5.41, 5.74) is 1.36. The Labute approximate surface area is 141 Å². The van der Waals surface area contributed by atoms with Crippen molar-refractivity contribution in [1.82, 2.24) is 0 Å². The van der Waals surface area contributed by atoms with Crippen molar-refractivity contribution < 1.29 is 23.1 Å².